The Kier molecular flexibility index (Phi) is 5.26. The molecular weight excluding hydrogens is 424 g/mol. The quantitative estimate of drug-likeness (QED) is 0.439. The minimum absolute atomic E-state index is 0.0744. The Hall–Kier alpha value is -2.76. The lowest BCUT2D eigenvalue weighted by atomic mass is 9.89. The normalized spacial score (nSPS) is 32.7. The van der Waals surface area contributed by atoms with Gasteiger partial charge in [0.25, 0.3) is 0 Å². The molecule has 2 aromatic carbocycles. The number of hydrogen-bond acceptors (Lipinski definition) is 10. The first kappa shape index (κ1) is 21.1. The topological polar surface area (TPSA) is 147 Å². The third kappa shape index (κ3) is 3.23. The van der Waals surface area contributed by atoms with Crippen LogP contribution in [0.25, 0.3) is 0 Å². The molecule has 3 aliphatic heterocycles. The second kappa shape index (κ2) is 7.98. The van der Waals surface area contributed by atoms with Crippen molar-refractivity contribution < 1.29 is 49.2 Å². The van der Waals surface area contributed by atoms with Gasteiger partial charge in [0.05, 0.1) is 26.2 Å². The molecule has 172 valence electrons. The van der Waals surface area contributed by atoms with Crippen molar-refractivity contribution in [2.45, 2.75) is 42.7 Å². The molecule has 1 fully saturated rings. The molecule has 0 unspecified atom stereocenters. The molecule has 0 aliphatic carbocycles. The second-order valence-corrected chi connectivity index (χ2v) is 8.01. The largest absolute Gasteiger partial charge is 0.502 e. The van der Waals surface area contributed by atoms with E-state index >= 15 is 0 Å². The monoisotopic (exact) mass is 448 g/mol. The maximum absolute atomic E-state index is 10.4. The molecule has 3 heterocycles. The molecule has 0 bridgehead atoms. The lowest BCUT2D eigenvalue weighted by Gasteiger charge is -2.39. The Morgan fingerprint density at radius 3 is 2.56 bits per heavy atom. The number of benzene rings is 2. The molecule has 0 spiro atoms. The Bertz CT molecular complexity index is 1010. The van der Waals surface area contributed by atoms with Gasteiger partial charge in [0.1, 0.15) is 42.0 Å². The Balaban J connectivity index is 1.38. The lowest BCUT2D eigenvalue weighted by molar-refractivity contribution is -0.277. The number of aliphatic hydroxyl groups is 4. The van der Waals surface area contributed by atoms with Gasteiger partial charge in [-0.3, -0.25) is 0 Å². The summed E-state index contributed by atoms with van der Waals surface area (Å²) in [4.78, 5) is 0. The highest BCUT2D eigenvalue weighted by Gasteiger charge is 2.45. The average Bonchev–Trinajstić information content (AvgIpc) is 3.18. The minimum Gasteiger partial charge on any atom is -0.502 e. The molecule has 32 heavy (non-hydrogen) atoms. The molecule has 0 radical (unpaired) electrons. The SMILES string of the molecule is COc1ccc2c(c1O)OC[C@H]1c3ccc(O[C@@H]4O[C@H](CO)[C@@H](O)[C@H](O)[C@H]4O)cc3O[C@@H]21. The van der Waals surface area contributed by atoms with E-state index in [0.717, 1.165) is 5.56 Å². The number of ether oxygens (including phenoxy) is 5. The summed E-state index contributed by atoms with van der Waals surface area (Å²) in [6.07, 6.45) is -7.23. The first-order valence-corrected chi connectivity index (χ1v) is 10.2. The van der Waals surface area contributed by atoms with Crippen LogP contribution in [0.5, 0.6) is 28.7 Å². The number of fused-ring (bicyclic) bond motifs is 5. The Labute approximate surface area is 183 Å². The van der Waals surface area contributed by atoms with Crippen LogP contribution < -0.4 is 18.9 Å². The molecule has 10 nitrogen and oxygen atoms in total. The summed E-state index contributed by atoms with van der Waals surface area (Å²) in [6.45, 7) is -0.239. The predicted molar refractivity (Wildman–Crippen MR) is 107 cm³/mol. The van der Waals surface area contributed by atoms with Crippen molar-refractivity contribution in [3.63, 3.8) is 0 Å². The first-order valence-electron chi connectivity index (χ1n) is 10.2. The van der Waals surface area contributed by atoms with E-state index in [1.54, 1.807) is 24.3 Å². The third-order valence-corrected chi connectivity index (χ3v) is 6.16. The van der Waals surface area contributed by atoms with E-state index in [1.165, 1.54) is 7.11 Å². The van der Waals surface area contributed by atoms with E-state index < -0.39 is 37.3 Å². The van der Waals surface area contributed by atoms with E-state index in [1.807, 2.05) is 6.07 Å². The van der Waals surface area contributed by atoms with Gasteiger partial charge in [0.2, 0.25) is 12.0 Å². The smallest absolute Gasteiger partial charge is 0.229 e. The van der Waals surface area contributed by atoms with Crippen molar-refractivity contribution in [2.24, 2.45) is 0 Å². The number of methoxy groups -OCH3 is 1. The number of aromatic hydroxyl groups is 1. The van der Waals surface area contributed by atoms with E-state index in [-0.39, 0.29) is 17.8 Å². The summed E-state index contributed by atoms with van der Waals surface area (Å²) in [5.74, 6) is 1.34. The zero-order valence-corrected chi connectivity index (χ0v) is 17.1. The Morgan fingerprint density at radius 1 is 1.03 bits per heavy atom. The molecule has 1 saturated heterocycles. The van der Waals surface area contributed by atoms with Crippen LogP contribution in [-0.2, 0) is 4.74 Å². The van der Waals surface area contributed by atoms with Crippen LogP contribution in [0.2, 0.25) is 0 Å². The highest BCUT2D eigenvalue weighted by molar-refractivity contribution is 5.59. The fourth-order valence-corrected chi connectivity index (χ4v) is 4.42. The molecule has 5 N–H and O–H groups in total. The van der Waals surface area contributed by atoms with Gasteiger partial charge >= 0.3 is 0 Å². The van der Waals surface area contributed by atoms with E-state index in [9.17, 15) is 25.5 Å². The van der Waals surface area contributed by atoms with E-state index in [2.05, 4.69) is 0 Å². The number of phenols is 1. The van der Waals surface area contributed by atoms with E-state index in [4.69, 9.17) is 23.7 Å². The summed E-state index contributed by atoms with van der Waals surface area (Å²) in [5, 5.41) is 49.8. The Morgan fingerprint density at radius 2 is 1.81 bits per heavy atom. The second-order valence-electron chi connectivity index (χ2n) is 8.01. The standard InChI is InChI=1S/C22H24O10/c1-28-13-5-4-11-20-12(8-29-21(11)17(13)25)10-3-2-9(6-14(10)31-20)30-22-19(27)18(26)16(24)15(7-23)32-22/h2-6,12,15-16,18-20,22-27H,7-8H2,1H3/t12-,15+,16+,18-,19+,20-,22+/m0/s1. The summed E-state index contributed by atoms with van der Waals surface area (Å²) < 4.78 is 28.2. The molecule has 5 rings (SSSR count). The summed E-state index contributed by atoms with van der Waals surface area (Å²) in [7, 11) is 1.46. The fraction of sp³-hybridized carbons (Fsp3) is 0.455. The summed E-state index contributed by atoms with van der Waals surface area (Å²) in [5.41, 5.74) is 1.60. The minimum atomic E-state index is -1.53. The fourth-order valence-electron chi connectivity index (χ4n) is 4.42. The first-order chi connectivity index (χ1) is 15.4. The van der Waals surface area contributed by atoms with Crippen molar-refractivity contribution in [3.8, 4) is 28.7 Å². The maximum atomic E-state index is 10.4. The van der Waals surface area contributed by atoms with Crippen LogP contribution in [0.15, 0.2) is 30.3 Å². The third-order valence-electron chi connectivity index (χ3n) is 6.16. The van der Waals surface area contributed by atoms with Crippen LogP contribution in [0.1, 0.15) is 23.1 Å². The van der Waals surface area contributed by atoms with Crippen LogP contribution in [0, 0.1) is 0 Å². The number of rotatable bonds is 4. The van der Waals surface area contributed by atoms with Crippen LogP contribution in [0.4, 0.5) is 0 Å². The summed E-state index contributed by atoms with van der Waals surface area (Å²) in [6, 6.07) is 8.57. The molecule has 7 atom stereocenters. The van der Waals surface area contributed by atoms with Crippen molar-refractivity contribution >= 4 is 0 Å². The summed E-state index contributed by atoms with van der Waals surface area (Å²) >= 11 is 0. The van der Waals surface area contributed by atoms with Crippen LogP contribution >= 0.6 is 0 Å². The van der Waals surface area contributed by atoms with Gasteiger partial charge in [-0.05, 0) is 18.2 Å². The van der Waals surface area contributed by atoms with Crippen LogP contribution in [-0.4, -0.2) is 76.6 Å². The van der Waals surface area contributed by atoms with E-state index in [0.29, 0.717) is 35.2 Å². The van der Waals surface area contributed by atoms with Crippen molar-refractivity contribution in [1.29, 1.82) is 0 Å². The van der Waals surface area contributed by atoms with Crippen LogP contribution in [0.3, 0.4) is 0 Å². The van der Waals surface area contributed by atoms with Crippen molar-refractivity contribution in [3.05, 3.63) is 41.5 Å². The average molecular weight is 448 g/mol. The highest BCUT2D eigenvalue weighted by atomic mass is 16.7. The van der Waals surface area contributed by atoms with Gasteiger partial charge in [-0.2, -0.15) is 0 Å². The molecule has 0 aromatic heterocycles. The van der Waals surface area contributed by atoms with Gasteiger partial charge in [0.15, 0.2) is 11.5 Å². The maximum Gasteiger partial charge on any atom is 0.229 e. The number of phenolic OH excluding ortho intramolecular Hbond substituents is 1. The van der Waals surface area contributed by atoms with Gasteiger partial charge in [-0.25, -0.2) is 0 Å². The van der Waals surface area contributed by atoms with Gasteiger partial charge in [-0.1, -0.05) is 6.07 Å². The zero-order chi connectivity index (χ0) is 22.6. The molecular formula is C22H24O10. The number of hydrogen-bond donors (Lipinski definition) is 5. The molecule has 0 amide bonds. The molecule has 10 heteroatoms. The van der Waals surface area contributed by atoms with Gasteiger partial charge < -0.3 is 49.2 Å². The predicted octanol–water partition coefficient (Wildman–Crippen LogP) is 0.189. The number of aliphatic hydroxyl groups excluding tert-OH is 4. The molecule has 2 aromatic rings. The van der Waals surface area contributed by atoms with Gasteiger partial charge in [-0.15, -0.1) is 0 Å². The van der Waals surface area contributed by atoms with Crippen molar-refractivity contribution in [2.75, 3.05) is 20.3 Å². The molecule has 3 aliphatic rings. The highest BCUT2D eigenvalue weighted by Crippen LogP contribution is 2.55. The van der Waals surface area contributed by atoms with Crippen molar-refractivity contribution in [1.82, 2.24) is 0 Å². The zero-order valence-electron chi connectivity index (χ0n) is 17.1. The molecule has 0 saturated carbocycles. The lowest BCUT2D eigenvalue weighted by Crippen LogP contribution is -2.60. The van der Waals surface area contributed by atoms with Gasteiger partial charge in [0, 0.05) is 17.2 Å².